The van der Waals surface area contributed by atoms with Crippen molar-refractivity contribution >= 4 is 76.2 Å². The standard InChI is InChI=1S/C34H18O2/c1-2-7-27-25(6-1)33-29(35-27)16-17-30-34(33)26-18-22(12-15-28(26)36-30)23-13-10-21-9-8-19-4-3-5-20-11-14-24(23)32(21)31(19)20/h1-18H. The van der Waals surface area contributed by atoms with E-state index >= 15 is 0 Å². The van der Waals surface area contributed by atoms with Gasteiger partial charge in [-0.15, -0.1) is 0 Å². The van der Waals surface area contributed by atoms with Crippen molar-refractivity contribution in [2.24, 2.45) is 0 Å². The highest BCUT2D eigenvalue weighted by atomic mass is 16.3. The van der Waals surface area contributed by atoms with Crippen molar-refractivity contribution in [3.05, 3.63) is 109 Å². The van der Waals surface area contributed by atoms with Crippen LogP contribution in [0.5, 0.6) is 0 Å². The molecule has 2 nitrogen and oxygen atoms in total. The zero-order valence-corrected chi connectivity index (χ0v) is 19.2. The van der Waals surface area contributed by atoms with E-state index in [2.05, 4.69) is 84.9 Å². The molecule has 0 aliphatic heterocycles. The van der Waals surface area contributed by atoms with E-state index in [1.165, 1.54) is 43.4 Å². The Labute approximate surface area is 205 Å². The normalized spacial score (nSPS) is 12.4. The van der Waals surface area contributed by atoms with Gasteiger partial charge in [-0.1, -0.05) is 78.9 Å². The van der Waals surface area contributed by atoms with Crippen LogP contribution in [0.3, 0.4) is 0 Å². The molecular formula is C34H18O2. The van der Waals surface area contributed by atoms with Crippen molar-refractivity contribution in [2.45, 2.75) is 0 Å². The van der Waals surface area contributed by atoms with Crippen LogP contribution in [-0.4, -0.2) is 0 Å². The minimum atomic E-state index is 0.886. The van der Waals surface area contributed by atoms with Gasteiger partial charge in [-0.05, 0) is 73.8 Å². The predicted octanol–water partition coefficient (Wildman–Crippen LogP) is 10.0. The van der Waals surface area contributed by atoms with Gasteiger partial charge in [0.25, 0.3) is 0 Å². The zero-order valence-electron chi connectivity index (χ0n) is 19.2. The third kappa shape index (κ3) is 2.26. The number of furan rings is 2. The monoisotopic (exact) mass is 458 g/mol. The van der Waals surface area contributed by atoms with Crippen molar-refractivity contribution in [1.29, 1.82) is 0 Å². The number of benzene rings is 7. The highest BCUT2D eigenvalue weighted by Crippen LogP contribution is 2.43. The number of hydrogen-bond acceptors (Lipinski definition) is 2. The van der Waals surface area contributed by atoms with E-state index in [1.807, 2.05) is 24.3 Å². The first kappa shape index (κ1) is 18.5. The Morgan fingerprint density at radius 2 is 1.00 bits per heavy atom. The zero-order chi connectivity index (χ0) is 23.4. The predicted molar refractivity (Wildman–Crippen MR) is 150 cm³/mol. The second-order valence-electron chi connectivity index (χ2n) is 9.69. The number of para-hydroxylation sites is 1. The van der Waals surface area contributed by atoms with Crippen LogP contribution in [0.15, 0.2) is 118 Å². The molecule has 166 valence electrons. The largest absolute Gasteiger partial charge is 0.456 e. The first-order valence-electron chi connectivity index (χ1n) is 12.3. The Morgan fingerprint density at radius 1 is 0.361 bits per heavy atom. The maximum absolute atomic E-state index is 6.31. The molecule has 0 amide bonds. The van der Waals surface area contributed by atoms with Gasteiger partial charge in [-0.2, -0.15) is 0 Å². The molecule has 0 unspecified atom stereocenters. The average Bonchev–Trinajstić information content (AvgIpc) is 3.49. The summed E-state index contributed by atoms with van der Waals surface area (Å²) in [6.45, 7) is 0. The summed E-state index contributed by atoms with van der Waals surface area (Å²) in [6.07, 6.45) is 0. The highest BCUT2D eigenvalue weighted by Gasteiger charge is 2.18. The Morgan fingerprint density at radius 3 is 1.83 bits per heavy atom. The van der Waals surface area contributed by atoms with Crippen LogP contribution >= 0.6 is 0 Å². The molecule has 0 radical (unpaired) electrons. The summed E-state index contributed by atoms with van der Waals surface area (Å²) in [5.41, 5.74) is 5.99. The molecule has 0 saturated heterocycles. The second-order valence-corrected chi connectivity index (χ2v) is 9.69. The molecule has 7 aromatic carbocycles. The molecule has 0 aliphatic rings. The quantitative estimate of drug-likeness (QED) is 0.229. The minimum Gasteiger partial charge on any atom is -0.456 e. The molecule has 0 N–H and O–H groups in total. The minimum absolute atomic E-state index is 0.886. The van der Waals surface area contributed by atoms with Crippen molar-refractivity contribution in [2.75, 3.05) is 0 Å². The van der Waals surface area contributed by atoms with Crippen LogP contribution in [0.25, 0.3) is 87.3 Å². The Kier molecular flexibility index (Phi) is 3.31. The van der Waals surface area contributed by atoms with Crippen molar-refractivity contribution in [1.82, 2.24) is 0 Å². The van der Waals surface area contributed by atoms with Gasteiger partial charge in [0, 0.05) is 21.5 Å². The second kappa shape index (κ2) is 6.44. The fraction of sp³-hybridized carbons (Fsp3) is 0. The number of hydrogen-bond donors (Lipinski definition) is 0. The molecule has 9 aromatic rings. The summed E-state index contributed by atoms with van der Waals surface area (Å²) in [7, 11) is 0. The van der Waals surface area contributed by atoms with E-state index in [-0.39, 0.29) is 0 Å². The van der Waals surface area contributed by atoms with E-state index in [4.69, 9.17) is 8.83 Å². The average molecular weight is 459 g/mol. The lowest BCUT2D eigenvalue weighted by atomic mass is 9.89. The number of fused-ring (bicyclic) bond motifs is 7. The van der Waals surface area contributed by atoms with Crippen molar-refractivity contribution in [3.8, 4) is 11.1 Å². The fourth-order valence-electron chi connectivity index (χ4n) is 6.24. The summed E-state index contributed by atoms with van der Waals surface area (Å²) in [5.74, 6) is 0. The molecule has 0 atom stereocenters. The lowest BCUT2D eigenvalue weighted by Crippen LogP contribution is -1.87. The van der Waals surface area contributed by atoms with Crippen LogP contribution < -0.4 is 0 Å². The van der Waals surface area contributed by atoms with Gasteiger partial charge in [-0.25, -0.2) is 0 Å². The van der Waals surface area contributed by atoms with Gasteiger partial charge in [0.15, 0.2) is 0 Å². The van der Waals surface area contributed by atoms with Crippen molar-refractivity contribution < 1.29 is 8.83 Å². The highest BCUT2D eigenvalue weighted by molar-refractivity contribution is 6.27. The first-order valence-corrected chi connectivity index (χ1v) is 12.3. The Bertz CT molecular complexity index is 2300. The van der Waals surface area contributed by atoms with Gasteiger partial charge in [-0.3, -0.25) is 0 Å². The summed E-state index contributed by atoms with van der Waals surface area (Å²) in [6, 6.07) is 38.9. The van der Waals surface area contributed by atoms with Gasteiger partial charge in [0.2, 0.25) is 0 Å². The fourth-order valence-corrected chi connectivity index (χ4v) is 6.24. The molecule has 0 fully saturated rings. The molecule has 2 aromatic heterocycles. The van der Waals surface area contributed by atoms with Gasteiger partial charge < -0.3 is 8.83 Å². The SMILES string of the molecule is c1cc2ccc3ccc(-c4ccc5oc6ccc7oc8ccccc8c7c6c5c4)c4ccc(c1)c2c34. The summed E-state index contributed by atoms with van der Waals surface area (Å²) in [4.78, 5) is 0. The van der Waals surface area contributed by atoms with Crippen LogP contribution in [0, 0.1) is 0 Å². The molecule has 0 saturated carbocycles. The molecular weight excluding hydrogens is 440 g/mol. The van der Waals surface area contributed by atoms with E-state index in [9.17, 15) is 0 Å². The van der Waals surface area contributed by atoms with Crippen LogP contribution in [0.4, 0.5) is 0 Å². The topological polar surface area (TPSA) is 26.3 Å². The Balaban J connectivity index is 1.40. The molecule has 2 heterocycles. The lowest BCUT2D eigenvalue weighted by Gasteiger charge is -2.14. The maximum atomic E-state index is 6.31. The van der Waals surface area contributed by atoms with E-state index in [1.54, 1.807) is 0 Å². The lowest BCUT2D eigenvalue weighted by molar-refractivity contribution is 0.663. The van der Waals surface area contributed by atoms with Gasteiger partial charge in [0.1, 0.15) is 22.3 Å². The van der Waals surface area contributed by atoms with E-state index in [0.29, 0.717) is 0 Å². The Hall–Kier alpha value is -4.82. The van der Waals surface area contributed by atoms with E-state index in [0.717, 1.165) is 43.9 Å². The van der Waals surface area contributed by atoms with Crippen LogP contribution in [0.2, 0.25) is 0 Å². The van der Waals surface area contributed by atoms with E-state index < -0.39 is 0 Å². The summed E-state index contributed by atoms with van der Waals surface area (Å²) >= 11 is 0. The first-order chi connectivity index (χ1) is 17.8. The summed E-state index contributed by atoms with van der Waals surface area (Å²) in [5, 5.41) is 12.3. The van der Waals surface area contributed by atoms with Gasteiger partial charge in [0.05, 0.1) is 0 Å². The number of rotatable bonds is 1. The van der Waals surface area contributed by atoms with Crippen molar-refractivity contribution in [3.63, 3.8) is 0 Å². The summed E-state index contributed by atoms with van der Waals surface area (Å²) < 4.78 is 12.5. The molecule has 9 rings (SSSR count). The molecule has 0 bridgehead atoms. The molecule has 36 heavy (non-hydrogen) atoms. The molecule has 0 spiro atoms. The van der Waals surface area contributed by atoms with Gasteiger partial charge >= 0.3 is 0 Å². The van der Waals surface area contributed by atoms with Crippen LogP contribution in [-0.2, 0) is 0 Å². The molecule has 0 aliphatic carbocycles. The third-order valence-corrected chi connectivity index (χ3v) is 7.81. The van der Waals surface area contributed by atoms with Crippen LogP contribution in [0.1, 0.15) is 0 Å². The maximum Gasteiger partial charge on any atom is 0.136 e. The third-order valence-electron chi connectivity index (χ3n) is 7.81. The smallest absolute Gasteiger partial charge is 0.136 e. The molecule has 2 heteroatoms.